The van der Waals surface area contributed by atoms with Gasteiger partial charge in [-0.1, -0.05) is 124 Å². The van der Waals surface area contributed by atoms with E-state index in [1.807, 2.05) is 6.92 Å². The zero-order chi connectivity index (χ0) is 26.4. The molecule has 0 heterocycles. The van der Waals surface area contributed by atoms with Crippen LogP contribution in [-0.4, -0.2) is 39.9 Å². The van der Waals surface area contributed by atoms with Gasteiger partial charge in [0.05, 0.1) is 0 Å². The van der Waals surface area contributed by atoms with Crippen molar-refractivity contribution < 1.29 is 29.0 Å². The summed E-state index contributed by atoms with van der Waals surface area (Å²) in [5.74, 6) is -1.05. The van der Waals surface area contributed by atoms with Crippen molar-refractivity contribution in [3.05, 3.63) is 0 Å². The highest BCUT2D eigenvalue weighted by molar-refractivity contribution is 7.80. The van der Waals surface area contributed by atoms with E-state index in [1.54, 1.807) is 0 Å². The molecule has 0 aliphatic carbocycles. The molecule has 0 aliphatic rings. The molecule has 0 amide bonds. The largest absolute Gasteiger partial charge is 0.478 e. The van der Waals surface area contributed by atoms with Crippen molar-refractivity contribution >= 4 is 27.1 Å². The van der Waals surface area contributed by atoms with E-state index in [0.717, 1.165) is 6.42 Å². The smallest absolute Gasteiger partial charge is 0.350 e. The van der Waals surface area contributed by atoms with Gasteiger partial charge in [0.15, 0.2) is 6.29 Å². The molecule has 0 spiro atoms. The summed E-state index contributed by atoms with van der Waals surface area (Å²) in [6.07, 6.45) is 21.2. The lowest BCUT2D eigenvalue weighted by Crippen LogP contribution is -2.39. The van der Waals surface area contributed by atoms with Crippen LogP contribution in [0.4, 0.5) is 0 Å². The highest BCUT2D eigenvalue weighted by atomic mass is 32.1. The number of carbonyl (C=O) groups is 1. The minimum absolute atomic E-state index is 0.332. The molecule has 8 heteroatoms. The van der Waals surface area contributed by atoms with Crippen molar-refractivity contribution in [3.63, 3.8) is 0 Å². The quantitative estimate of drug-likeness (QED) is 0.0445. The molecule has 0 saturated heterocycles. The Hall–Kier alpha value is -0.200. The minimum atomic E-state index is -2.46. The van der Waals surface area contributed by atoms with Gasteiger partial charge in [0.2, 0.25) is 8.46 Å². The molecule has 0 radical (unpaired) electrons. The minimum Gasteiger partial charge on any atom is -0.478 e. The van der Waals surface area contributed by atoms with Crippen LogP contribution in [0.1, 0.15) is 136 Å². The predicted octanol–water partition coefficient (Wildman–Crippen LogP) is 8.36. The standard InChI is InChI=1S/C27H53O6PS/c1-4-7-9-11-12-13-14-16-18-20-23(19-17-15-10-8-5-2)21-25(35)33-24(6-3)32-22-27(30,34-31)26(28)29/h23-25,30,35H,4-22H2,1-3H3,(H,28,29). The van der Waals surface area contributed by atoms with Crippen molar-refractivity contribution in [2.45, 2.75) is 153 Å². The molecular weight excluding hydrogens is 483 g/mol. The lowest BCUT2D eigenvalue weighted by molar-refractivity contribution is -0.183. The molecule has 0 aromatic rings. The Bertz CT molecular complexity index is 524. The predicted molar refractivity (Wildman–Crippen MR) is 147 cm³/mol. The van der Waals surface area contributed by atoms with E-state index >= 15 is 0 Å². The van der Waals surface area contributed by atoms with Gasteiger partial charge in [-0.15, -0.1) is 12.6 Å². The van der Waals surface area contributed by atoms with Crippen LogP contribution in [0.15, 0.2) is 0 Å². The van der Waals surface area contributed by atoms with Crippen molar-refractivity contribution in [1.82, 2.24) is 0 Å². The molecule has 0 bridgehead atoms. The number of rotatable bonds is 26. The number of aliphatic hydroxyl groups is 1. The number of thiol groups is 1. The average molecular weight is 537 g/mol. The maximum absolute atomic E-state index is 11.1. The molecule has 2 N–H and O–H groups in total. The number of unbranched alkanes of at least 4 members (excludes halogenated alkanes) is 12. The second-order valence-corrected chi connectivity index (χ2v) is 11.4. The van der Waals surface area contributed by atoms with Crippen molar-refractivity contribution in [2.75, 3.05) is 6.61 Å². The Morgan fingerprint density at radius 3 is 1.71 bits per heavy atom. The monoisotopic (exact) mass is 536 g/mol. The number of aliphatic carboxylic acids is 1. The SMILES string of the molecule is CCCCCCCCCCCC(CCCCCCC)CC(S)OC(CC)OCC(O)(P=O)C(=O)O. The van der Waals surface area contributed by atoms with Gasteiger partial charge < -0.3 is 19.7 Å². The molecule has 0 aromatic carbocycles. The summed E-state index contributed by atoms with van der Waals surface area (Å²) >= 11 is 4.64. The van der Waals surface area contributed by atoms with Gasteiger partial charge in [-0.3, -0.25) is 4.57 Å². The van der Waals surface area contributed by atoms with Crippen LogP contribution in [0, 0.1) is 5.92 Å². The molecule has 4 atom stereocenters. The zero-order valence-electron chi connectivity index (χ0n) is 22.6. The van der Waals surface area contributed by atoms with Crippen LogP contribution in [0.3, 0.4) is 0 Å². The van der Waals surface area contributed by atoms with Crippen LogP contribution >= 0.6 is 21.1 Å². The average Bonchev–Trinajstić information content (AvgIpc) is 2.84. The Balaban J connectivity index is 4.52. The number of ether oxygens (including phenoxy) is 2. The van der Waals surface area contributed by atoms with Gasteiger partial charge in [-0.05, 0) is 18.8 Å². The second kappa shape index (κ2) is 23.0. The molecule has 0 fully saturated rings. The number of carboxylic acids is 1. The van der Waals surface area contributed by atoms with Crippen molar-refractivity contribution in [3.8, 4) is 0 Å². The maximum Gasteiger partial charge on any atom is 0.350 e. The van der Waals surface area contributed by atoms with Crippen LogP contribution in [0.2, 0.25) is 0 Å². The molecule has 35 heavy (non-hydrogen) atoms. The highest BCUT2D eigenvalue weighted by Gasteiger charge is 2.39. The molecule has 0 aromatic heterocycles. The number of carboxylic acid groups (broad SMARTS) is 1. The Morgan fingerprint density at radius 1 is 0.857 bits per heavy atom. The fourth-order valence-electron chi connectivity index (χ4n) is 4.27. The lowest BCUT2D eigenvalue weighted by atomic mass is 9.91. The normalized spacial score (nSPS) is 16.1. The van der Waals surface area contributed by atoms with E-state index in [-0.39, 0.29) is 5.44 Å². The van der Waals surface area contributed by atoms with E-state index in [2.05, 4.69) is 26.5 Å². The third-order valence-corrected chi connectivity index (χ3v) is 7.53. The van der Waals surface area contributed by atoms with Crippen LogP contribution in [0.25, 0.3) is 0 Å². The zero-order valence-corrected chi connectivity index (χ0v) is 24.4. The topological polar surface area (TPSA) is 93.1 Å². The Labute approximate surface area is 221 Å². The fraction of sp³-hybridized carbons (Fsp3) is 0.963. The first-order chi connectivity index (χ1) is 16.8. The van der Waals surface area contributed by atoms with Gasteiger partial charge in [0, 0.05) is 0 Å². The van der Waals surface area contributed by atoms with Gasteiger partial charge in [0.25, 0.3) is 5.34 Å². The molecule has 0 saturated carbocycles. The summed E-state index contributed by atoms with van der Waals surface area (Å²) in [4.78, 5) is 11.1. The molecule has 0 rings (SSSR count). The van der Waals surface area contributed by atoms with E-state index in [1.165, 1.54) is 103 Å². The van der Waals surface area contributed by atoms with Crippen LogP contribution in [0.5, 0.6) is 0 Å². The summed E-state index contributed by atoms with van der Waals surface area (Å²) in [5.41, 5.74) is -0.332. The number of hydrogen-bond donors (Lipinski definition) is 3. The summed E-state index contributed by atoms with van der Waals surface area (Å²) in [6, 6.07) is 0. The van der Waals surface area contributed by atoms with Gasteiger partial charge in [-0.2, -0.15) is 0 Å². The first-order valence-electron chi connectivity index (χ1n) is 14.1. The van der Waals surface area contributed by atoms with Gasteiger partial charge in [-0.25, -0.2) is 4.79 Å². The van der Waals surface area contributed by atoms with E-state index in [0.29, 0.717) is 12.3 Å². The third-order valence-electron chi connectivity index (χ3n) is 6.57. The number of hydrogen-bond acceptors (Lipinski definition) is 6. The fourth-order valence-corrected chi connectivity index (χ4v) is 4.91. The van der Waals surface area contributed by atoms with Crippen molar-refractivity contribution in [1.29, 1.82) is 0 Å². The Morgan fingerprint density at radius 2 is 1.31 bits per heavy atom. The third kappa shape index (κ3) is 18.7. The lowest BCUT2D eigenvalue weighted by Gasteiger charge is -2.26. The molecule has 6 nitrogen and oxygen atoms in total. The van der Waals surface area contributed by atoms with Gasteiger partial charge >= 0.3 is 5.97 Å². The van der Waals surface area contributed by atoms with Gasteiger partial charge in [0.1, 0.15) is 12.0 Å². The molecular formula is C27H53O6PS. The maximum atomic E-state index is 11.1. The van der Waals surface area contributed by atoms with E-state index in [9.17, 15) is 14.5 Å². The first-order valence-corrected chi connectivity index (χ1v) is 15.4. The highest BCUT2D eigenvalue weighted by Crippen LogP contribution is 2.27. The van der Waals surface area contributed by atoms with E-state index in [4.69, 9.17) is 14.6 Å². The molecule has 208 valence electrons. The van der Waals surface area contributed by atoms with Crippen LogP contribution in [-0.2, 0) is 18.8 Å². The summed E-state index contributed by atoms with van der Waals surface area (Å²) in [7, 11) is -0.909. The van der Waals surface area contributed by atoms with Crippen LogP contribution < -0.4 is 0 Å². The summed E-state index contributed by atoms with van der Waals surface area (Å²) < 4.78 is 22.4. The van der Waals surface area contributed by atoms with Crippen molar-refractivity contribution in [2.24, 2.45) is 5.92 Å². The second-order valence-electron chi connectivity index (χ2n) is 9.87. The molecule has 0 aliphatic heterocycles. The van der Waals surface area contributed by atoms with E-state index < -0.39 is 32.7 Å². The summed E-state index contributed by atoms with van der Waals surface area (Å²) in [5, 5.41) is 16.5. The summed E-state index contributed by atoms with van der Waals surface area (Å²) in [6.45, 7) is 5.73. The Kier molecular flexibility index (Phi) is 22.8. The molecule has 4 unspecified atom stereocenters. The first kappa shape index (κ1) is 34.8.